The lowest BCUT2D eigenvalue weighted by Crippen LogP contribution is -2.48. The Balaban J connectivity index is 2.77. The lowest BCUT2D eigenvalue weighted by atomic mass is 9.93. The fourth-order valence-electron chi connectivity index (χ4n) is 3.11. The van der Waals surface area contributed by atoms with Crippen LogP contribution in [0.25, 0.3) is 0 Å². The largest absolute Gasteiger partial charge is 0.394 e. The molecule has 1 saturated carbocycles. The van der Waals surface area contributed by atoms with Crippen LogP contribution in [-0.4, -0.2) is 46.7 Å². The van der Waals surface area contributed by atoms with Crippen LogP contribution in [0.4, 0.5) is 0 Å². The summed E-state index contributed by atoms with van der Waals surface area (Å²) < 4.78 is 0. The fourth-order valence-corrected chi connectivity index (χ4v) is 3.61. The van der Waals surface area contributed by atoms with E-state index in [0.717, 1.165) is 36.3 Å². The quantitative estimate of drug-likeness (QED) is 0.104. The van der Waals surface area contributed by atoms with Gasteiger partial charge in [-0.1, -0.05) is 12.2 Å². The summed E-state index contributed by atoms with van der Waals surface area (Å²) >= 11 is 9.76. The zero-order valence-corrected chi connectivity index (χ0v) is 14.6. The van der Waals surface area contributed by atoms with Crippen molar-refractivity contribution in [2.45, 2.75) is 44.7 Å². The van der Waals surface area contributed by atoms with Gasteiger partial charge in [0, 0.05) is 18.9 Å². The van der Waals surface area contributed by atoms with Gasteiger partial charge in [-0.25, -0.2) is 0 Å². The van der Waals surface area contributed by atoms with E-state index in [0.29, 0.717) is 5.92 Å². The first kappa shape index (κ1) is 19.2. The summed E-state index contributed by atoms with van der Waals surface area (Å²) in [6, 6.07) is -0.214. The molecule has 22 heavy (non-hydrogen) atoms. The predicted molar refractivity (Wildman–Crippen MR) is 96.2 cm³/mol. The second-order valence-electron chi connectivity index (χ2n) is 5.67. The van der Waals surface area contributed by atoms with E-state index >= 15 is 0 Å². The van der Waals surface area contributed by atoms with Gasteiger partial charge in [0.25, 0.3) is 0 Å². The number of thiocarbonyl (C=S) groups is 1. The molecule has 0 spiro atoms. The third-order valence-electron chi connectivity index (χ3n) is 4.11. The van der Waals surface area contributed by atoms with E-state index in [1.165, 1.54) is 13.3 Å². The molecule has 0 bridgehead atoms. The van der Waals surface area contributed by atoms with Crippen LogP contribution in [0.1, 0.15) is 32.6 Å². The summed E-state index contributed by atoms with van der Waals surface area (Å²) in [7, 11) is 0. The van der Waals surface area contributed by atoms with Gasteiger partial charge < -0.3 is 21.6 Å². The van der Waals surface area contributed by atoms with Crippen LogP contribution in [0.5, 0.6) is 0 Å². The highest BCUT2D eigenvalue weighted by atomic mass is 32.1. The number of thiol groups is 1. The number of hydrogen-bond acceptors (Lipinski definition) is 6. The summed E-state index contributed by atoms with van der Waals surface area (Å²) in [5, 5.41) is 19.0. The summed E-state index contributed by atoms with van der Waals surface area (Å²) in [4.78, 5) is 12.4. The monoisotopic (exact) mass is 346 g/mol. The van der Waals surface area contributed by atoms with E-state index in [1.54, 1.807) is 0 Å². The number of carbonyl (C=O) groups excluding carboxylic acids is 1. The van der Waals surface area contributed by atoms with Gasteiger partial charge in [-0.15, -0.1) is 0 Å². The molecule has 0 aromatic heterocycles. The van der Waals surface area contributed by atoms with E-state index in [-0.39, 0.29) is 30.5 Å². The molecule has 8 heteroatoms. The number of hydrogen-bond donors (Lipinski definition) is 5. The number of aliphatic hydroxyl groups is 1. The molecule has 1 aliphatic carbocycles. The number of carbonyl (C=O) groups is 1. The molecule has 0 aliphatic heterocycles. The average Bonchev–Trinajstić information content (AvgIpc) is 2.92. The van der Waals surface area contributed by atoms with Crippen LogP contribution in [-0.2, 0) is 4.79 Å². The van der Waals surface area contributed by atoms with Crippen LogP contribution in [0.2, 0.25) is 0 Å². The van der Waals surface area contributed by atoms with Gasteiger partial charge in [-0.05, 0) is 42.2 Å². The number of amides is 1. The van der Waals surface area contributed by atoms with Gasteiger partial charge in [0.2, 0.25) is 5.91 Å². The van der Waals surface area contributed by atoms with Crippen LogP contribution >= 0.6 is 24.8 Å². The number of nitrogens with zero attached hydrogens (tertiary/aromatic N) is 1. The first-order valence-corrected chi connectivity index (χ1v) is 8.56. The molecule has 5 N–H and O–H groups in total. The molecular formula is C14H26N4O2S2. The molecule has 0 aromatic carbocycles. The topological polar surface area (TPSA) is 99.7 Å². The molecule has 0 aromatic rings. The Labute approximate surface area is 142 Å². The molecule has 1 aliphatic rings. The molecule has 1 rings (SSSR count). The highest BCUT2D eigenvalue weighted by molar-refractivity contribution is 7.80. The highest BCUT2D eigenvalue weighted by Crippen LogP contribution is 2.35. The molecule has 6 nitrogen and oxygen atoms in total. The third kappa shape index (κ3) is 5.73. The maximum Gasteiger partial charge on any atom is 0.217 e. The van der Waals surface area contributed by atoms with Gasteiger partial charge in [-0.2, -0.15) is 17.7 Å². The zero-order valence-electron chi connectivity index (χ0n) is 12.9. The Bertz CT molecular complexity index is 406. The van der Waals surface area contributed by atoms with Crippen molar-refractivity contribution in [1.29, 1.82) is 0 Å². The van der Waals surface area contributed by atoms with Crippen LogP contribution < -0.4 is 16.5 Å². The van der Waals surface area contributed by atoms with Crippen molar-refractivity contribution in [3.8, 4) is 0 Å². The van der Waals surface area contributed by atoms with Crippen molar-refractivity contribution in [2.75, 3.05) is 12.4 Å². The smallest absolute Gasteiger partial charge is 0.217 e. The standard InChI is InChI=1S/C14H26N4O2S2/c1-9(20)18-13(7-19)11-5-10(14(22)3-2-4-21)6-12(11)16-8-17-15/h8,10-13,19,21H,2-7,15H2,1H3,(H,16,17)(H,18,20)/t10?,11-,12-,13?/m1/s1. The molecule has 2 unspecified atom stereocenters. The van der Waals surface area contributed by atoms with Crippen molar-refractivity contribution >= 4 is 42.0 Å². The van der Waals surface area contributed by atoms with Crippen molar-refractivity contribution in [3.63, 3.8) is 0 Å². The Morgan fingerprint density at radius 3 is 2.86 bits per heavy atom. The summed E-state index contributed by atoms with van der Waals surface area (Å²) in [5.41, 5.74) is 0. The van der Waals surface area contributed by atoms with Gasteiger partial charge in [0.05, 0.1) is 12.6 Å². The Kier molecular flexibility index (Phi) is 8.74. The number of nitrogens with one attached hydrogen (secondary N) is 2. The maximum atomic E-state index is 11.3. The van der Waals surface area contributed by atoms with Crippen molar-refractivity contribution in [3.05, 3.63) is 0 Å². The van der Waals surface area contributed by atoms with Crippen molar-refractivity contribution in [2.24, 2.45) is 22.8 Å². The maximum absolute atomic E-state index is 11.3. The van der Waals surface area contributed by atoms with Gasteiger partial charge in [-0.3, -0.25) is 4.79 Å². The first-order valence-electron chi connectivity index (χ1n) is 7.52. The Hall–Kier alpha value is -0.860. The minimum Gasteiger partial charge on any atom is -0.394 e. The SMILES string of the molecule is CC(=O)NC(CO)[C@@H]1CC(C(=S)CCCS)C[C@H]1NC=NN. The van der Waals surface area contributed by atoms with Gasteiger partial charge in [0.1, 0.15) is 6.34 Å². The normalized spacial score (nSPS) is 26.0. The zero-order chi connectivity index (χ0) is 16.5. The minimum absolute atomic E-state index is 0.0789. The van der Waals surface area contributed by atoms with Crippen LogP contribution in [0.3, 0.4) is 0 Å². The second kappa shape index (κ2) is 10.0. The van der Waals surface area contributed by atoms with Crippen molar-refractivity contribution < 1.29 is 9.90 Å². The first-order chi connectivity index (χ1) is 10.5. The number of hydrazone groups is 1. The summed E-state index contributed by atoms with van der Waals surface area (Å²) in [5.74, 6) is 6.22. The molecule has 0 heterocycles. The Morgan fingerprint density at radius 1 is 1.59 bits per heavy atom. The predicted octanol–water partition coefficient (Wildman–Crippen LogP) is 0.450. The van der Waals surface area contributed by atoms with E-state index in [1.807, 2.05) is 0 Å². The average molecular weight is 347 g/mol. The minimum atomic E-state index is -0.293. The lowest BCUT2D eigenvalue weighted by Gasteiger charge is -2.27. The molecule has 126 valence electrons. The second-order valence-corrected chi connectivity index (χ2v) is 6.64. The van der Waals surface area contributed by atoms with E-state index < -0.39 is 0 Å². The Morgan fingerprint density at radius 2 is 2.32 bits per heavy atom. The fraction of sp³-hybridized carbons (Fsp3) is 0.786. The number of rotatable bonds is 9. The summed E-state index contributed by atoms with van der Waals surface area (Å²) in [6.07, 6.45) is 5.02. The number of aliphatic hydroxyl groups excluding tert-OH is 1. The van der Waals surface area contributed by atoms with Gasteiger partial charge >= 0.3 is 0 Å². The van der Waals surface area contributed by atoms with Crippen molar-refractivity contribution in [1.82, 2.24) is 10.6 Å². The molecule has 0 saturated heterocycles. The van der Waals surface area contributed by atoms with Crippen LogP contribution in [0, 0.1) is 11.8 Å². The molecule has 1 amide bonds. The molecule has 1 fully saturated rings. The van der Waals surface area contributed by atoms with Crippen LogP contribution in [0.15, 0.2) is 5.10 Å². The summed E-state index contributed by atoms with van der Waals surface area (Å²) in [6.45, 7) is 1.36. The molecule has 4 atom stereocenters. The highest BCUT2D eigenvalue weighted by Gasteiger charge is 2.40. The van der Waals surface area contributed by atoms with Gasteiger partial charge in [0.15, 0.2) is 0 Å². The molecule has 0 radical (unpaired) electrons. The van der Waals surface area contributed by atoms with E-state index in [2.05, 4.69) is 28.4 Å². The number of nitrogens with two attached hydrogens (primary N) is 1. The lowest BCUT2D eigenvalue weighted by molar-refractivity contribution is -0.120. The molecular weight excluding hydrogens is 320 g/mol. The third-order valence-corrected chi connectivity index (χ3v) is 4.97. The van der Waals surface area contributed by atoms with E-state index in [9.17, 15) is 9.90 Å². The van der Waals surface area contributed by atoms with E-state index in [4.69, 9.17) is 18.1 Å².